The molecular weight excluding hydrogens is 388 g/mol. The van der Waals surface area contributed by atoms with Crippen LogP contribution in [0, 0.1) is 5.92 Å². The molecule has 2 heterocycles. The van der Waals surface area contributed by atoms with Gasteiger partial charge in [-0.2, -0.15) is 0 Å². The van der Waals surface area contributed by atoms with Crippen LogP contribution in [-0.2, 0) is 4.79 Å². The number of rotatable bonds is 6. The maximum Gasteiger partial charge on any atom is 0.307 e. The molecule has 1 fully saturated rings. The number of benzene rings is 2. The first kappa shape index (κ1) is 19.7. The zero-order valence-corrected chi connectivity index (χ0v) is 17.3. The summed E-state index contributed by atoms with van der Waals surface area (Å²) in [6.07, 6.45) is 1.57. The summed E-state index contributed by atoms with van der Waals surface area (Å²) in [5.74, 6) is 0.232. The summed E-state index contributed by atoms with van der Waals surface area (Å²) in [5, 5.41) is 10.5. The van der Waals surface area contributed by atoms with Crippen LogP contribution in [0.15, 0.2) is 42.5 Å². The molecule has 1 saturated heterocycles. The number of carboxylic acid groups (broad SMARTS) is 1. The minimum Gasteiger partial charge on any atom is -0.493 e. The van der Waals surface area contributed by atoms with Crippen molar-refractivity contribution in [2.75, 3.05) is 27.3 Å². The van der Waals surface area contributed by atoms with Gasteiger partial charge in [-0.25, -0.2) is 4.98 Å². The fourth-order valence-electron chi connectivity index (χ4n) is 3.98. The molecule has 2 aromatic carbocycles. The van der Waals surface area contributed by atoms with Crippen LogP contribution >= 0.6 is 11.3 Å². The third-order valence-electron chi connectivity index (χ3n) is 5.43. The Balaban J connectivity index is 1.79. The normalized spacial score (nSPS) is 18.5. The van der Waals surface area contributed by atoms with Crippen LogP contribution in [0.25, 0.3) is 10.2 Å². The molecular formula is C22H24N2O4S. The van der Waals surface area contributed by atoms with Crippen LogP contribution in [0.1, 0.15) is 29.5 Å². The van der Waals surface area contributed by atoms with Crippen molar-refractivity contribution in [2.45, 2.75) is 18.9 Å². The quantitative estimate of drug-likeness (QED) is 0.654. The van der Waals surface area contributed by atoms with E-state index < -0.39 is 5.97 Å². The van der Waals surface area contributed by atoms with Crippen molar-refractivity contribution in [2.24, 2.45) is 5.92 Å². The second-order valence-electron chi connectivity index (χ2n) is 7.21. The van der Waals surface area contributed by atoms with Crippen molar-refractivity contribution in [3.05, 3.63) is 53.0 Å². The zero-order valence-electron chi connectivity index (χ0n) is 16.5. The fourth-order valence-corrected chi connectivity index (χ4v) is 5.11. The largest absolute Gasteiger partial charge is 0.493 e. The fraction of sp³-hybridized carbons (Fsp3) is 0.364. The molecule has 0 bridgehead atoms. The molecule has 1 aliphatic heterocycles. The summed E-state index contributed by atoms with van der Waals surface area (Å²) in [5.41, 5.74) is 1.98. The molecule has 3 aromatic rings. The number of hydrogen-bond acceptors (Lipinski definition) is 6. The summed E-state index contributed by atoms with van der Waals surface area (Å²) in [4.78, 5) is 18.8. The molecule has 2 atom stereocenters. The van der Waals surface area contributed by atoms with Crippen molar-refractivity contribution in [1.82, 2.24) is 9.88 Å². The van der Waals surface area contributed by atoms with Gasteiger partial charge >= 0.3 is 5.97 Å². The van der Waals surface area contributed by atoms with Gasteiger partial charge in [0.15, 0.2) is 11.5 Å². The number of carbonyl (C=O) groups is 1. The van der Waals surface area contributed by atoms with Gasteiger partial charge < -0.3 is 14.6 Å². The number of aromatic nitrogens is 1. The lowest BCUT2D eigenvalue weighted by Gasteiger charge is -2.36. The highest BCUT2D eigenvalue weighted by Gasteiger charge is 2.33. The zero-order chi connectivity index (χ0) is 20.4. The topological polar surface area (TPSA) is 71.9 Å². The molecule has 4 rings (SSSR count). The third-order valence-corrected chi connectivity index (χ3v) is 6.52. The van der Waals surface area contributed by atoms with E-state index in [0.29, 0.717) is 24.5 Å². The molecule has 6 nitrogen and oxygen atoms in total. The average Bonchev–Trinajstić information content (AvgIpc) is 3.17. The van der Waals surface area contributed by atoms with E-state index in [-0.39, 0.29) is 12.0 Å². The van der Waals surface area contributed by atoms with Crippen LogP contribution in [0.5, 0.6) is 11.5 Å². The molecule has 0 aliphatic carbocycles. The number of para-hydroxylation sites is 1. The molecule has 0 saturated carbocycles. The Morgan fingerprint density at radius 1 is 1.21 bits per heavy atom. The van der Waals surface area contributed by atoms with Crippen LogP contribution in [0.4, 0.5) is 0 Å². The number of hydrogen-bond donors (Lipinski definition) is 1. The predicted molar refractivity (Wildman–Crippen MR) is 113 cm³/mol. The Kier molecular flexibility index (Phi) is 5.69. The van der Waals surface area contributed by atoms with E-state index in [1.807, 2.05) is 36.4 Å². The van der Waals surface area contributed by atoms with Crippen LogP contribution in [-0.4, -0.2) is 48.3 Å². The minimum absolute atomic E-state index is 0.130. The Labute approximate surface area is 173 Å². The highest BCUT2D eigenvalue weighted by atomic mass is 32.1. The van der Waals surface area contributed by atoms with Gasteiger partial charge in [0.05, 0.1) is 36.4 Å². The third kappa shape index (κ3) is 3.93. The second kappa shape index (κ2) is 8.39. The maximum absolute atomic E-state index is 11.6. The molecule has 152 valence electrons. The molecule has 0 radical (unpaired) electrons. The van der Waals surface area contributed by atoms with E-state index in [1.54, 1.807) is 25.6 Å². The van der Waals surface area contributed by atoms with Gasteiger partial charge in [0.2, 0.25) is 0 Å². The van der Waals surface area contributed by atoms with E-state index >= 15 is 0 Å². The number of ether oxygens (including phenoxy) is 2. The lowest BCUT2D eigenvalue weighted by molar-refractivity contribution is -0.143. The van der Waals surface area contributed by atoms with Crippen molar-refractivity contribution < 1.29 is 19.4 Å². The van der Waals surface area contributed by atoms with Crippen LogP contribution < -0.4 is 9.47 Å². The molecule has 29 heavy (non-hydrogen) atoms. The Morgan fingerprint density at radius 3 is 2.72 bits per heavy atom. The van der Waals surface area contributed by atoms with E-state index in [2.05, 4.69) is 11.0 Å². The lowest BCUT2D eigenvalue weighted by atomic mass is 9.95. The highest BCUT2D eigenvalue weighted by molar-refractivity contribution is 7.18. The van der Waals surface area contributed by atoms with E-state index in [0.717, 1.165) is 33.8 Å². The summed E-state index contributed by atoms with van der Waals surface area (Å²) in [6.45, 7) is 1.34. The Hall–Kier alpha value is -2.64. The minimum atomic E-state index is -0.731. The van der Waals surface area contributed by atoms with Gasteiger partial charge in [-0.15, -0.1) is 11.3 Å². The molecule has 1 aromatic heterocycles. The average molecular weight is 413 g/mol. The monoisotopic (exact) mass is 412 g/mol. The maximum atomic E-state index is 11.6. The number of aliphatic carboxylic acids is 1. The second-order valence-corrected chi connectivity index (χ2v) is 8.27. The number of thiazole rings is 1. The number of nitrogens with zero attached hydrogens (tertiary/aromatic N) is 2. The van der Waals surface area contributed by atoms with Gasteiger partial charge in [-0.05, 0) is 49.2 Å². The molecule has 1 N–H and O–H groups in total. The smallest absolute Gasteiger partial charge is 0.307 e. The van der Waals surface area contributed by atoms with Gasteiger partial charge in [0.25, 0.3) is 0 Å². The number of carboxylic acids is 1. The first-order valence-electron chi connectivity index (χ1n) is 9.65. The first-order valence-corrected chi connectivity index (χ1v) is 10.5. The first-order chi connectivity index (χ1) is 14.1. The predicted octanol–water partition coefficient (Wildman–Crippen LogP) is 4.20. The van der Waals surface area contributed by atoms with Crippen molar-refractivity contribution in [1.29, 1.82) is 0 Å². The molecule has 7 heteroatoms. The van der Waals surface area contributed by atoms with Gasteiger partial charge in [0.1, 0.15) is 5.01 Å². The van der Waals surface area contributed by atoms with Gasteiger partial charge in [-0.3, -0.25) is 9.69 Å². The van der Waals surface area contributed by atoms with Gasteiger partial charge in [0, 0.05) is 6.54 Å². The Morgan fingerprint density at radius 2 is 2.00 bits per heavy atom. The van der Waals surface area contributed by atoms with E-state index in [9.17, 15) is 9.90 Å². The summed E-state index contributed by atoms with van der Waals surface area (Å²) in [6, 6.07) is 13.8. The standard InChI is InChI=1S/C22H24N2O4S/c1-27-17-10-9-14(12-18(17)28-2)20(24-11-5-6-15(13-24)22(25)26)21-23-16-7-3-4-8-19(16)29-21/h3-4,7-10,12,15,20H,5-6,11,13H2,1-2H3,(H,25,26). The number of methoxy groups -OCH3 is 2. The van der Waals surface area contributed by atoms with Crippen LogP contribution in [0.3, 0.4) is 0 Å². The molecule has 2 unspecified atom stereocenters. The number of piperidine rings is 1. The number of fused-ring (bicyclic) bond motifs is 1. The van der Waals surface area contributed by atoms with Gasteiger partial charge in [-0.1, -0.05) is 18.2 Å². The summed E-state index contributed by atoms with van der Waals surface area (Å²) >= 11 is 1.65. The SMILES string of the molecule is COc1ccc(C(c2nc3ccccc3s2)N2CCCC(C(=O)O)C2)cc1OC. The lowest BCUT2D eigenvalue weighted by Crippen LogP contribution is -2.41. The van der Waals surface area contributed by atoms with E-state index in [4.69, 9.17) is 14.5 Å². The van der Waals surface area contributed by atoms with Crippen molar-refractivity contribution in [3.63, 3.8) is 0 Å². The summed E-state index contributed by atoms with van der Waals surface area (Å²) < 4.78 is 12.0. The van der Waals surface area contributed by atoms with Crippen molar-refractivity contribution in [3.8, 4) is 11.5 Å². The molecule has 0 spiro atoms. The van der Waals surface area contributed by atoms with Crippen molar-refractivity contribution >= 4 is 27.5 Å². The molecule has 0 amide bonds. The summed E-state index contributed by atoms with van der Waals surface area (Å²) in [7, 11) is 3.24. The number of likely N-dealkylation sites (tertiary alicyclic amines) is 1. The highest BCUT2D eigenvalue weighted by Crippen LogP contribution is 2.39. The van der Waals surface area contributed by atoms with Crippen LogP contribution in [0.2, 0.25) is 0 Å². The van der Waals surface area contributed by atoms with E-state index in [1.165, 1.54) is 0 Å². The molecule has 1 aliphatic rings. The Bertz CT molecular complexity index is 986.